The normalized spacial score (nSPS) is 29.7. The third kappa shape index (κ3) is 1.56. The van der Waals surface area contributed by atoms with Crippen molar-refractivity contribution >= 4 is 11.8 Å². The lowest BCUT2D eigenvalue weighted by molar-refractivity contribution is -0.146. The number of hydrogen-bond donors (Lipinski definition) is 0. The van der Waals surface area contributed by atoms with Crippen LogP contribution in [0.2, 0.25) is 0 Å². The second-order valence-electron chi connectivity index (χ2n) is 5.34. The Labute approximate surface area is 95.6 Å². The fourth-order valence-electron chi connectivity index (χ4n) is 2.86. The van der Waals surface area contributed by atoms with Gasteiger partial charge < -0.3 is 0 Å². The van der Waals surface area contributed by atoms with Gasteiger partial charge in [0.25, 0.3) is 0 Å². The van der Waals surface area contributed by atoms with Gasteiger partial charge in [-0.3, -0.25) is 19.4 Å². The number of carbonyl (C=O) groups excluding carboxylic acids is 2. The molecule has 0 bridgehead atoms. The molecular weight excluding hydrogens is 204 g/mol. The van der Waals surface area contributed by atoms with Crippen molar-refractivity contribution in [1.82, 2.24) is 9.80 Å². The van der Waals surface area contributed by atoms with Gasteiger partial charge in [0.15, 0.2) is 0 Å². The molecule has 88 valence electrons. The first-order valence-electron chi connectivity index (χ1n) is 6.26. The summed E-state index contributed by atoms with van der Waals surface area (Å²) in [7, 11) is 0. The molecule has 3 fully saturated rings. The molecule has 2 heterocycles. The molecule has 2 aliphatic heterocycles. The van der Waals surface area contributed by atoms with Gasteiger partial charge in [0, 0.05) is 32.0 Å². The van der Waals surface area contributed by atoms with Crippen LogP contribution in [0.1, 0.15) is 32.6 Å². The summed E-state index contributed by atoms with van der Waals surface area (Å²) >= 11 is 0. The van der Waals surface area contributed by atoms with Gasteiger partial charge in [-0.2, -0.15) is 0 Å². The van der Waals surface area contributed by atoms with E-state index >= 15 is 0 Å². The van der Waals surface area contributed by atoms with Gasteiger partial charge in [-0.1, -0.05) is 0 Å². The molecule has 0 spiro atoms. The average molecular weight is 222 g/mol. The fourth-order valence-corrected chi connectivity index (χ4v) is 2.86. The van der Waals surface area contributed by atoms with E-state index in [0.717, 1.165) is 19.0 Å². The molecule has 4 nitrogen and oxygen atoms in total. The molecule has 0 N–H and O–H groups in total. The predicted octanol–water partition coefficient (Wildman–Crippen LogP) is 0.618. The van der Waals surface area contributed by atoms with Crippen molar-refractivity contribution in [3.8, 4) is 0 Å². The smallest absolute Gasteiger partial charge is 0.230 e. The molecule has 1 unspecified atom stereocenters. The van der Waals surface area contributed by atoms with Gasteiger partial charge >= 0.3 is 0 Å². The number of imide groups is 1. The first kappa shape index (κ1) is 10.3. The van der Waals surface area contributed by atoms with Crippen LogP contribution in [-0.4, -0.2) is 46.8 Å². The summed E-state index contributed by atoms with van der Waals surface area (Å²) in [5, 5.41) is 0. The van der Waals surface area contributed by atoms with E-state index in [4.69, 9.17) is 0 Å². The van der Waals surface area contributed by atoms with E-state index < -0.39 is 0 Å². The first-order chi connectivity index (χ1) is 7.66. The molecule has 4 heteroatoms. The maximum Gasteiger partial charge on any atom is 0.230 e. The molecule has 2 saturated heterocycles. The van der Waals surface area contributed by atoms with Crippen molar-refractivity contribution in [2.24, 2.45) is 5.92 Å². The van der Waals surface area contributed by atoms with Crippen LogP contribution in [0.3, 0.4) is 0 Å². The molecule has 0 aromatic carbocycles. The number of amides is 2. The molecule has 0 radical (unpaired) electrons. The lowest BCUT2D eigenvalue weighted by Crippen LogP contribution is -2.63. The Kier molecular flexibility index (Phi) is 2.28. The highest BCUT2D eigenvalue weighted by atomic mass is 16.2. The van der Waals surface area contributed by atoms with Crippen molar-refractivity contribution in [2.45, 2.75) is 44.7 Å². The van der Waals surface area contributed by atoms with Gasteiger partial charge in [0.2, 0.25) is 11.8 Å². The summed E-state index contributed by atoms with van der Waals surface area (Å²) in [5.74, 6) is 0.938. The van der Waals surface area contributed by atoms with E-state index in [9.17, 15) is 9.59 Å². The van der Waals surface area contributed by atoms with Gasteiger partial charge in [-0.05, 0) is 25.7 Å². The number of carbonyl (C=O) groups is 2. The minimum Gasteiger partial charge on any atom is -0.296 e. The largest absolute Gasteiger partial charge is 0.296 e. The molecule has 1 atom stereocenters. The van der Waals surface area contributed by atoms with Crippen molar-refractivity contribution in [2.75, 3.05) is 13.1 Å². The van der Waals surface area contributed by atoms with Crippen LogP contribution in [0.4, 0.5) is 0 Å². The molecule has 1 saturated carbocycles. The highest BCUT2D eigenvalue weighted by Gasteiger charge is 2.44. The summed E-state index contributed by atoms with van der Waals surface area (Å²) in [6.45, 7) is 4.06. The standard InChI is InChI=1S/C12H18N2O2/c1-8(9-2-3-9)13-6-10(7-13)14-11(15)4-5-12(14)16/h8-10H,2-7H2,1H3. The summed E-state index contributed by atoms with van der Waals surface area (Å²) < 4.78 is 0. The zero-order valence-corrected chi connectivity index (χ0v) is 9.69. The van der Waals surface area contributed by atoms with E-state index in [1.165, 1.54) is 17.7 Å². The number of rotatable bonds is 3. The monoisotopic (exact) mass is 222 g/mol. The summed E-state index contributed by atoms with van der Waals surface area (Å²) in [6, 6.07) is 0.813. The zero-order chi connectivity index (χ0) is 11.3. The Hall–Kier alpha value is -0.900. The molecule has 1 aliphatic carbocycles. The Morgan fingerprint density at radius 2 is 1.69 bits per heavy atom. The third-order valence-electron chi connectivity index (χ3n) is 4.23. The Bertz CT molecular complexity index is 316. The van der Waals surface area contributed by atoms with Crippen LogP contribution in [0.5, 0.6) is 0 Å². The second-order valence-corrected chi connectivity index (χ2v) is 5.34. The van der Waals surface area contributed by atoms with Crippen LogP contribution in [0.25, 0.3) is 0 Å². The Balaban J connectivity index is 1.56. The maximum atomic E-state index is 11.5. The van der Waals surface area contributed by atoms with E-state index in [1.807, 2.05) is 0 Å². The van der Waals surface area contributed by atoms with Crippen molar-refractivity contribution in [3.63, 3.8) is 0 Å². The van der Waals surface area contributed by atoms with Gasteiger partial charge in [0.05, 0.1) is 6.04 Å². The minimum absolute atomic E-state index is 0.0359. The summed E-state index contributed by atoms with van der Waals surface area (Å²) in [5.41, 5.74) is 0. The van der Waals surface area contributed by atoms with Crippen molar-refractivity contribution in [3.05, 3.63) is 0 Å². The Morgan fingerprint density at radius 3 is 2.19 bits per heavy atom. The summed E-state index contributed by atoms with van der Waals surface area (Å²) in [6.07, 6.45) is 3.55. The molecule has 0 aromatic rings. The molecule has 16 heavy (non-hydrogen) atoms. The van der Waals surface area contributed by atoms with E-state index in [2.05, 4.69) is 11.8 Å². The molecule has 2 amide bonds. The van der Waals surface area contributed by atoms with Gasteiger partial charge in [0.1, 0.15) is 0 Å². The third-order valence-corrected chi connectivity index (χ3v) is 4.23. The molecule has 3 rings (SSSR count). The van der Waals surface area contributed by atoms with Crippen LogP contribution in [0.15, 0.2) is 0 Å². The van der Waals surface area contributed by atoms with Gasteiger partial charge in [-0.25, -0.2) is 0 Å². The first-order valence-corrected chi connectivity index (χ1v) is 6.26. The number of likely N-dealkylation sites (tertiary alicyclic amines) is 2. The highest BCUT2D eigenvalue weighted by Crippen LogP contribution is 2.37. The Morgan fingerprint density at radius 1 is 1.12 bits per heavy atom. The van der Waals surface area contributed by atoms with E-state index in [0.29, 0.717) is 18.9 Å². The lowest BCUT2D eigenvalue weighted by Gasteiger charge is -2.46. The second kappa shape index (κ2) is 3.55. The quantitative estimate of drug-likeness (QED) is 0.657. The van der Waals surface area contributed by atoms with Crippen molar-refractivity contribution in [1.29, 1.82) is 0 Å². The average Bonchev–Trinajstić information content (AvgIpc) is 2.97. The fraction of sp³-hybridized carbons (Fsp3) is 0.833. The predicted molar refractivity (Wildman–Crippen MR) is 58.6 cm³/mol. The van der Waals surface area contributed by atoms with Crippen LogP contribution >= 0.6 is 0 Å². The molecule has 3 aliphatic rings. The molecule has 0 aromatic heterocycles. The number of hydrogen-bond acceptors (Lipinski definition) is 3. The van der Waals surface area contributed by atoms with Crippen LogP contribution in [-0.2, 0) is 9.59 Å². The zero-order valence-electron chi connectivity index (χ0n) is 9.69. The van der Waals surface area contributed by atoms with Gasteiger partial charge in [-0.15, -0.1) is 0 Å². The SMILES string of the molecule is CC(C1CC1)N1CC(N2C(=O)CCC2=O)C1. The van der Waals surface area contributed by atoms with E-state index in [-0.39, 0.29) is 17.9 Å². The van der Waals surface area contributed by atoms with Crippen LogP contribution < -0.4 is 0 Å². The maximum absolute atomic E-state index is 11.5. The number of nitrogens with zero attached hydrogens (tertiary/aromatic N) is 2. The van der Waals surface area contributed by atoms with Crippen molar-refractivity contribution < 1.29 is 9.59 Å². The van der Waals surface area contributed by atoms with Crippen LogP contribution in [0, 0.1) is 5.92 Å². The summed E-state index contributed by atoms with van der Waals surface area (Å²) in [4.78, 5) is 27.0. The minimum atomic E-state index is 0.0359. The lowest BCUT2D eigenvalue weighted by atomic mass is 10.0. The molecular formula is C12H18N2O2. The topological polar surface area (TPSA) is 40.6 Å². The highest BCUT2D eigenvalue weighted by molar-refractivity contribution is 6.02. The van der Waals surface area contributed by atoms with E-state index in [1.54, 1.807) is 0 Å².